The second-order valence-electron chi connectivity index (χ2n) is 6.97. The van der Waals surface area contributed by atoms with Crippen LogP contribution in [0.2, 0.25) is 0 Å². The Labute approximate surface area is 116 Å². The van der Waals surface area contributed by atoms with Crippen molar-refractivity contribution in [3.63, 3.8) is 0 Å². The first-order valence-corrected chi connectivity index (χ1v) is 7.65. The van der Waals surface area contributed by atoms with Gasteiger partial charge in [-0.15, -0.1) is 0 Å². The Hall–Kier alpha value is -0.610. The van der Waals surface area contributed by atoms with Gasteiger partial charge in [-0.3, -0.25) is 4.79 Å². The van der Waals surface area contributed by atoms with Crippen LogP contribution >= 0.6 is 0 Å². The first kappa shape index (κ1) is 14.8. The van der Waals surface area contributed by atoms with Crippen LogP contribution in [0.15, 0.2) is 0 Å². The van der Waals surface area contributed by atoms with Crippen LogP contribution in [0.1, 0.15) is 58.8 Å². The molecule has 0 aromatic carbocycles. The van der Waals surface area contributed by atoms with Crippen molar-refractivity contribution in [2.75, 3.05) is 13.2 Å². The molecule has 0 aromatic rings. The number of aliphatic hydroxyl groups is 1. The van der Waals surface area contributed by atoms with Gasteiger partial charge in [-0.1, -0.05) is 33.1 Å². The number of aliphatic hydroxyl groups excluding tert-OH is 1. The second-order valence-corrected chi connectivity index (χ2v) is 6.97. The monoisotopic (exact) mass is 268 g/mol. The lowest BCUT2D eigenvalue weighted by molar-refractivity contribution is -0.130. The summed E-state index contributed by atoms with van der Waals surface area (Å²) in [5.41, 5.74) is -0.377. The van der Waals surface area contributed by atoms with E-state index >= 15 is 0 Å². The minimum atomic E-state index is -0.370. The molecule has 1 saturated heterocycles. The van der Waals surface area contributed by atoms with Gasteiger partial charge in [0.15, 0.2) is 0 Å². The molecular weight excluding hydrogens is 240 g/mol. The first-order valence-electron chi connectivity index (χ1n) is 7.65. The third-order valence-corrected chi connectivity index (χ3v) is 4.89. The Morgan fingerprint density at radius 3 is 2.47 bits per heavy atom. The van der Waals surface area contributed by atoms with E-state index in [1.807, 2.05) is 0 Å². The van der Waals surface area contributed by atoms with E-state index in [4.69, 9.17) is 0 Å². The van der Waals surface area contributed by atoms with E-state index < -0.39 is 0 Å². The molecular formula is C15H28N2O2. The summed E-state index contributed by atoms with van der Waals surface area (Å²) in [7, 11) is 0. The predicted octanol–water partition coefficient (Wildman–Crippen LogP) is 1.58. The quantitative estimate of drug-likeness (QED) is 0.728. The lowest BCUT2D eigenvalue weighted by Crippen LogP contribution is -2.62. The summed E-state index contributed by atoms with van der Waals surface area (Å²) in [5.74, 6) is 0.0700. The number of nitrogens with one attached hydrogen (secondary N) is 2. The number of piperidine rings is 1. The van der Waals surface area contributed by atoms with Gasteiger partial charge in [0.2, 0.25) is 5.91 Å². The normalized spacial score (nSPS) is 29.7. The van der Waals surface area contributed by atoms with Gasteiger partial charge in [0.1, 0.15) is 0 Å². The molecule has 1 amide bonds. The molecule has 1 unspecified atom stereocenters. The highest BCUT2D eigenvalue weighted by Gasteiger charge is 2.41. The molecule has 0 bridgehead atoms. The Kier molecular flexibility index (Phi) is 4.51. The molecule has 2 rings (SSSR count). The number of carbonyl (C=O) groups excluding carboxylic acids is 1. The Morgan fingerprint density at radius 1 is 1.21 bits per heavy atom. The molecule has 110 valence electrons. The summed E-state index contributed by atoms with van der Waals surface area (Å²) in [5, 5.41) is 16.2. The maximum absolute atomic E-state index is 12.6. The zero-order chi connectivity index (χ0) is 13.9. The standard InChI is InChI=1S/C15H28N2O2/c1-14(2)7-6-10-16-12(14)13(19)17-15(11-18)8-4-3-5-9-15/h12,16,18H,3-11H2,1-2H3,(H,17,19). The van der Waals surface area contributed by atoms with Crippen molar-refractivity contribution >= 4 is 5.91 Å². The summed E-state index contributed by atoms with van der Waals surface area (Å²) >= 11 is 0. The van der Waals surface area contributed by atoms with Crippen molar-refractivity contribution < 1.29 is 9.90 Å². The maximum Gasteiger partial charge on any atom is 0.238 e. The summed E-state index contributed by atoms with van der Waals surface area (Å²) in [6.45, 7) is 5.27. The Balaban J connectivity index is 2.02. The highest BCUT2D eigenvalue weighted by Crippen LogP contribution is 2.32. The van der Waals surface area contributed by atoms with Crippen molar-refractivity contribution in [2.45, 2.75) is 70.4 Å². The van der Waals surface area contributed by atoms with Crippen LogP contribution < -0.4 is 10.6 Å². The van der Waals surface area contributed by atoms with Gasteiger partial charge >= 0.3 is 0 Å². The van der Waals surface area contributed by atoms with Crippen LogP contribution in [0, 0.1) is 5.41 Å². The second kappa shape index (κ2) is 5.80. The molecule has 1 aliphatic carbocycles. The van der Waals surface area contributed by atoms with Gasteiger partial charge in [-0.25, -0.2) is 0 Å². The minimum absolute atomic E-state index is 0.00630. The molecule has 3 N–H and O–H groups in total. The van der Waals surface area contributed by atoms with Gasteiger partial charge in [-0.2, -0.15) is 0 Å². The topological polar surface area (TPSA) is 61.4 Å². The van der Waals surface area contributed by atoms with Crippen LogP contribution in [0.5, 0.6) is 0 Å². The predicted molar refractivity (Wildman–Crippen MR) is 75.9 cm³/mol. The average molecular weight is 268 g/mol. The molecule has 0 aromatic heterocycles. The SMILES string of the molecule is CC1(C)CCCNC1C(=O)NC1(CO)CCCCC1. The summed E-state index contributed by atoms with van der Waals surface area (Å²) in [4.78, 5) is 12.6. The lowest BCUT2D eigenvalue weighted by atomic mass is 9.76. The molecule has 2 fully saturated rings. The van der Waals surface area contributed by atoms with Crippen LogP contribution in [0.4, 0.5) is 0 Å². The molecule has 19 heavy (non-hydrogen) atoms. The fraction of sp³-hybridized carbons (Fsp3) is 0.933. The zero-order valence-electron chi connectivity index (χ0n) is 12.3. The molecule has 1 saturated carbocycles. The lowest BCUT2D eigenvalue weighted by Gasteiger charge is -2.42. The molecule has 1 aliphatic heterocycles. The first-order chi connectivity index (χ1) is 8.99. The Morgan fingerprint density at radius 2 is 1.89 bits per heavy atom. The van der Waals surface area contributed by atoms with Crippen molar-refractivity contribution in [3.05, 3.63) is 0 Å². The molecule has 4 nitrogen and oxygen atoms in total. The highest BCUT2D eigenvalue weighted by atomic mass is 16.3. The van der Waals surface area contributed by atoms with Crippen molar-refractivity contribution in [3.8, 4) is 0 Å². The number of amides is 1. The minimum Gasteiger partial charge on any atom is -0.394 e. The summed E-state index contributed by atoms with van der Waals surface area (Å²) in [6, 6.07) is -0.133. The van der Waals surface area contributed by atoms with E-state index in [0.29, 0.717) is 0 Å². The summed E-state index contributed by atoms with van der Waals surface area (Å²) < 4.78 is 0. The smallest absolute Gasteiger partial charge is 0.238 e. The zero-order valence-corrected chi connectivity index (χ0v) is 12.3. The van der Waals surface area contributed by atoms with Gasteiger partial charge < -0.3 is 15.7 Å². The molecule has 0 radical (unpaired) electrons. The van der Waals surface area contributed by atoms with Gasteiger partial charge in [0.25, 0.3) is 0 Å². The Bertz CT molecular complexity index is 322. The molecule has 4 heteroatoms. The number of hydrogen-bond donors (Lipinski definition) is 3. The van der Waals surface area contributed by atoms with E-state index in [-0.39, 0.29) is 29.5 Å². The maximum atomic E-state index is 12.6. The highest BCUT2D eigenvalue weighted by molar-refractivity contribution is 5.83. The van der Waals surface area contributed by atoms with Crippen LogP contribution in [-0.4, -0.2) is 35.7 Å². The molecule has 1 atom stereocenters. The van der Waals surface area contributed by atoms with E-state index in [9.17, 15) is 9.90 Å². The van der Waals surface area contributed by atoms with Crippen molar-refractivity contribution in [1.82, 2.24) is 10.6 Å². The van der Waals surface area contributed by atoms with Crippen LogP contribution in [-0.2, 0) is 4.79 Å². The van der Waals surface area contributed by atoms with Crippen LogP contribution in [0.3, 0.4) is 0 Å². The largest absolute Gasteiger partial charge is 0.394 e. The van der Waals surface area contributed by atoms with Gasteiger partial charge in [-0.05, 0) is 37.6 Å². The van der Waals surface area contributed by atoms with E-state index in [2.05, 4.69) is 24.5 Å². The van der Waals surface area contributed by atoms with Crippen molar-refractivity contribution in [1.29, 1.82) is 0 Å². The number of hydrogen-bond acceptors (Lipinski definition) is 3. The van der Waals surface area contributed by atoms with Gasteiger partial charge in [0, 0.05) is 0 Å². The number of carbonyl (C=O) groups is 1. The van der Waals surface area contributed by atoms with Gasteiger partial charge in [0.05, 0.1) is 18.2 Å². The van der Waals surface area contributed by atoms with Crippen molar-refractivity contribution in [2.24, 2.45) is 5.41 Å². The average Bonchev–Trinajstić information content (AvgIpc) is 2.39. The molecule has 1 heterocycles. The van der Waals surface area contributed by atoms with Crippen LogP contribution in [0.25, 0.3) is 0 Å². The van der Waals surface area contributed by atoms with E-state index in [1.54, 1.807) is 0 Å². The molecule has 2 aliphatic rings. The fourth-order valence-corrected chi connectivity index (χ4v) is 3.54. The van der Waals surface area contributed by atoms with E-state index in [0.717, 1.165) is 45.1 Å². The summed E-state index contributed by atoms with van der Waals surface area (Å²) in [6.07, 6.45) is 7.42. The third-order valence-electron chi connectivity index (χ3n) is 4.89. The van der Waals surface area contributed by atoms with E-state index in [1.165, 1.54) is 6.42 Å². The number of rotatable bonds is 3. The molecule has 0 spiro atoms. The fourth-order valence-electron chi connectivity index (χ4n) is 3.54. The third kappa shape index (κ3) is 3.29.